The zero-order valence-corrected chi connectivity index (χ0v) is 11.5. The monoisotopic (exact) mass is 271 g/mol. The molecule has 104 valence electrons. The lowest BCUT2D eigenvalue weighted by Gasteiger charge is -2.20. The Hall–Kier alpha value is -2.47. The highest BCUT2D eigenvalue weighted by Gasteiger charge is 2.17. The quantitative estimate of drug-likeness (QED) is 0.653. The molecule has 20 heavy (non-hydrogen) atoms. The van der Waals surface area contributed by atoms with Gasteiger partial charge in [0.1, 0.15) is 0 Å². The lowest BCUT2D eigenvalue weighted by molar-refractivity contribution is 0.0982. The van der Waals surface area contributed by atoms with Crippen LogP contribution in [-0.4, -0.2) is 22.6 Å². The minimum atomic E-state index is -0.188. The van der Waals surface area contributed by atoms with Gasteiger partial charge in [0.15, 0.2) is 11.5 Å². The van der Waals surface area contributed by atoms with Crippen LogP contribution in [0.15, 0.2) is 36.4 Å². The molecule has 3 N–H and O–H groups in total. The van der Waals surface area contributed by atoms with Gasteiger partial charge in [0.25, 0.3) is 5.91 Å². The molecule has 0 radical (unpaired) electrons. The molecular weight excluding hydrogens is 254 g/mol. The summed E-state index contributed by atoms with van der Waals surface area (Å²) < 4.78 is 0. The second-order valence-corrected chi connectivity index (χ2v) is 4.33. The third-order valence-electron chi connectivity index (χ3n) is 2.94. The minimum Gasteiger partial charge on any atom is -0.307 e. The van der Waals surface area contributed by atoms with Gasteiger partial charge in [-0.3, -0.25) is 4.79 Å². The predicted octanol–water partition coefficient (Wildman–Crippen LogP) is 1.74. The van der Waals surface area contributed by atoms with Crippen molar-refractivity contribution in [1.82, 2.24) is 10.2 Å². The largest absolute Gasteiger partial charge is 0.307 e. The number of hydrogen-bond acceptors (Lipinski definition) is 5. The van der Waals surface area contributed by atoms with E-state index in [1.54, 1.807) is 17.0 Å². The number of carbonyl (C=O) groups excluding carboxylic acids is 1. The van der Waals surface area contributed by atoms with Crippen LogP contribution in [-0.2, 0) is 0 Å². The highest BCUT2D eigenvalue weighted by atomic mass is 16.2. The number of benzene rings is 1. The number of aryl methyl sites for hydroxylation is 1. The topological polar surface area (TPSA) is 84.1 Å². The van der Waals surface area contributed by atoms with Crippen LogP contribution in [0.25, 0.3) is 0 Å². The first kappa shape index (κ1) is 14.0. The van der Waals surface area contributed by atoms with Crippen LogP contribution in [0.4, 0.5) is 11.5 Å². The highest BCUT2D eigenvalue weighted by Crippen LogP contribution is 2.17. The van der Waals surface area contributed by atoms with E-state index >= 15 is 0 Å². The summed E-state index contributed by atoms with van der Waals surface area (Å²) in [4.78, 5) is 14.1. The summed E-state index contributed by atoms with van der Waals surface area (Å²) in [6.07, 6.45) is 0. The Kier molecular flexibility index (Phi) is 4.27. The Balaban J connectivity index is 2.26. The van der Waals surface area contributed by atoms with Crippen LogP contribution in [0.1, 0.15) is 23.0 Å². The molecule has 0 fully saturated rings. The van der Waals surface area contributed by atoms with Crippen molar-refractivity contribution in [3.8, 4) is 0 Å². The number of carbonyl (C=O) groups is 1. The predicted molar refractivity (Wildman–Crippen MR) is 78.4 cm³/mol. The van der Waals surface area contributed by atoms with Gasteiger partial charge in [0, 0.05) is 12.2 Å². The van der Waals surface area contributed by atoms with E-state index in [1.807, 2.05) is 38.1 Å². The summed E-state index contributed by atoms with van der Waals surface area (Å²) in [6.45, 7) is 4.48. The Morgan fingerprint density at radius 2 is 1.90 bits per heavy atom. The summed E-state index contributed by atoms with van der Waals surface area (Å²) in [5.74, 6) is 5.45. The molecule has 0 saturated carbocycles. The summed E-state index contributed by atoms with van der Waals surface area (Å²) in [6, 6.07) is 11.0. The zero-order chi connectivity index (χ0) is 14.5. The van der Waals surface area contributed by atoms with Crippen LogP contribution in [0.2, 0.25) is 0 Å². The number of nitrogens with two attached hydrogens (primary N) is 1. The van der Waals surface area contributed by atoms with E-state index in [0.29, 0.717) is 12.4 Å². The number of rotatable bonds is 4. The number of nitrogens with one attached hydrogen (secondary N) is 1. The molecule has 0 aliphatic carbocycles. The van der Waals surface area contributed by atoms with Gasteiger partial charge in [-0.2, -0.15) is 0 Å². The Bertz CT molecular complexity index is 580. The van der Waals surface area contributed by atoms with Gasteiger partial charge in [0.05, 0.1) is 0 Å². The first-order valence-corrected chi connectivity index (χ1v) is 6.34. The van der Waals surface area contributed by atoms with Crippen molar-refractivity contribution in [1.29, 1.82) is 0 Å². The van der Waals surface area contributed by atoms with Crippen molar-refractivity contribution in [2.24, 2.45) is 5.84 Å². The molecule has 2 aromatic rings. The van der Waals surface area contributed by atoms with Crippen LogP contribution >= 0.6 is 0 Å². The molecule has 6 nitrogen and oxygen atoms in total. The standard InChI is InChI=1S/C14H17N5O/c1-3-19(11-6-4-10(2)5-7-11)14(20)12-8-9-13(16-15)18-17-12/h4-9H,3,15H2,1-2H3,(H,16,18). The molecule has 0 saturated heterocycles. The Labute approximate surface area is 117 Å². The fourth-order valence-electron chi connectivity index (χ4n) is 1.83. The number of aromatic nitrogens is 2. The van der Waals surface area contributed by atoms with Gasteiger partial charge < -0.3 is 10.3 Å². The fourth-order valence-corrected chi connectivity index (χ4v) is 1.83. The van der Waals surface area contributed by atoms with Gasteiger partial charge in [-0.25, -0.2) is 5.84 Å². The maximum absolute atomic E-state index is 12.4. The van der Waals surface area contributed by atoms with Crippen LogP contribution < -0.4 is 16.2 Å². The van der Waals surface area contributed by atoms with E-state index in [2.05, 4.69) is 15.6 Å². The fraction of sp³-hybridized carbons (Fsp3) is 0.214. The maximum atomic E-state index is 12.4. The summed E-state index contributed by atoms with van der Waals surface area (Å²) in [5.41, 5.74) is 4.65. The second-order valence-electron chi connectivity index (χ2n) is 4.33. The number of anilines is 2. The molecule has 2 rings (SSSR count). The van der Waals surface area contributed by atoms with Crippen LogP contribution in [0.5, 0.6) is 0 Å². The SMILES string of the molecule is CCN(C(=O)c1ccc(NN)nn1)c1ccc(C)cc1. The Morgan fingerprint density at radius 3 is 2.40 bits per heavy atom. The van der Waals surface area contributed by atoms with Crippen LogP contribution in [0.3, 0.4) is 0 Å². The maximum Gasteiger partial charge on any atom is 0.278 e. The number of amides is 1. The molecule has 0 aliphatic heterocycles. The number of nitrogen functional groups attached to an aromatic ring is 1. The summed E-state index contributed by atoms with van der Waals surface area (Å²) in [7, 11) is 0. The van der Waals surface area contributed by atoms with E-state index in [-0.39, 0.29) is 11.6 Å². The number of hydrazine groups is 1. The second kappa shape index (κ2) is 6.12. The molecule has 6 heteroatoms. The van der Waals surface area contributed by atoms with Gasteiger partial charge in [-0.05, 0) is 38.1 Å². The molecule has 1 aromatic carbocycles. The lowest BCUT2D eigenvalue weighted by Crippen LogP contribution is -2.31. The van der Waals surface area contributed by atoms with E-state index in [4.69, 9.17) is 5.84 Å². The Morgan fingerprint density at radius 1 is 1.20 bits per heavy atom. The lowest BCUT2D eigenvalue weighted by atomic mass is 10.2. The number of nitrogens with zero attached hydrogens (tertiary/aromatic N) is 3. The third kappa shape index (κ3) is 2.92. The zero-order valence-electron chi connectivity index (χ0n) is 11.5. The van der Waals surface area contributed by atoms with Crippen molar-refractivity contribution in [3.05, 3.63) is 47.7 Å². The highest BCUT2D eigenvalue weighted by molar-refractivity contribution is 6.04. The van der Waals surface area contributed by atoms with Crippen molar-refractivity contribution >= 4 is 17.4 Å². The molecule has 0 aliphatic rings. The minimum absolute atomic E-state index is 0.188. The first-order valence-electron chi connectivity index (χ1n) is 6.34. The third-order valence-corrected chi connectivity index (χ3v) is 2.94. The smallest absolute Gasteiger partial charge is 0.278 e. The van der Waals surface area contributed by atoms with E-state index in [9.17, 15) is 4.79 Å². The van der Waals surface area contributed by atoms with E-state index in [1.165, 1.54) is 0 Å². The molecule has 0 bridgehead atoms. The van der Waals surface area contributed by atoms with Crippen molar-refractivity contribution in [2.45, 2.75) is 13.8 Å². The van der Waals surface area contributed by atoms with Crippen molar-refractivity contribution in [2.75, 3.05) is 16.9 Å². The molecule has 1 aromatic heterocycles. The summed E-state index contributed by atoms with van der Waals surface area (Å²) in [5, 5.41) is 7.69. The molecular formula is C14H17N5O. The van der Waals surface area contributed by atoms with Gasteiger partial charge in [0.2, 0.25) is 0 Å². The average molecular weight is 271 g/mol. The van der Waals surface area contributed by atoms with Crippen molar-refractivity contribution in [3.63, 3.8) is 0 Å². The molecule has 0 atom stereocenters. The normalized spacial score (nSPS) is 10.2. The van der Waals surface area contributed by atoms with E-state index in [0.717, 1.165) is 11.3 Å². The van der Waals surface area contributed by atoms with Gasteiger partial charge >= 0.3 is 0 Å². The van der Waals surface area contributed by atoms with Gasteiger partial charge in [-0.1, -0.05) is 17.7 Å². The summed E-state index contributed by atoms with van der Waals surface area (Å²) >= 11 is 0. The van der Waals surface area contributed by atoms with Gasteiger partial charge in [-0.15, -0.1) is 10.2 Å². The van der Waals surface area contributed by atoms with Crippen LogP contribution in [0, 0.1) is 6.92 Å². The molecule has 0 unspecified atom stereocenters. The molecule has 0 spiro atoms. The molecule has 1 amide bonds. The molecule has 1 heterocycles. The first-order chi connectivity index (χ1) is 9.65. The van der Waals surface area contributed by atoms with Crippen molar-refractivity contribution < 1.29 is 4.79 Å². The number of hydrogen-bond donors (Lipinski definition) is 2. The van der Waals surface area contributed by atoms with E-state index < -0.39 is 0 Å². The average Bonchev–Trinajstić information content (AvgIpc) is 2.50.